The smallest absolute Gasteiger partial charge is 0.352 e. The van der Waals surface area contributed by atoms with Gasteiger partial charge in [0, 0.05) is 6.54 Å². The second-order valence-electron chi connectivity index (χ2n) is 2.22. The summed E-state index contributed by atoms with van der Waals surface area (Å²) in [5, 5.41) is 15.6. The molecule has 1 rings (SSSR count). The van der Waals surface area contributed by atoms with Gasteiger partial charge >= 0.3 is 5.97 Å². The van der Waals surface area contributed by atoms with Crippen molar-refractivity contribution in [1.29, 1.82) is 5.41 Å². The van der Waals surface area contributed by atoms with Gasteiger partial charge in [-0.05, 0) is 6.42 Å². The number of nitrogens with two attached hydrogens (primary N) is 1. The zero-order valence-corrected chi connectivity index (χ0v) is 5.87. The van der Waals surface area contributed by atoms with Crippen LogP contribution in [0.5, 0.6) is 0 Å². The molecule has 0 aromatic carbocycles. The van der Waals surface area contributed by atoms with E-state index in [0.717, 1.165) is 0 Å². The number of guanidine groups is 1. The number of hydrogen-bond donors (Lipinski definition) is 3. The van der Waals surface area contributed by atoms with Crippen molar-refractivity contribution in [2.45, 2.75) is 6.42 Å². The lowest BCUT2D eigenvalue weighted by Crippen LogP contribution is -2.36. The highest BCUT2D eigenvalue weighted by molar-refractivity contribution is 5.93. The highest BCUT2D eigenvalue weighted by atomic mass is 16.4. The van der Waals surface area contributed by atoms with Crippen LogP contribution in [0.3, 0.4) is 0 Å². The molecule has 1 heterocycles. The van der Waals surface area contributed by atoms with Crippen LogP contribution in [-0.4, -0.2) is 28.5 Å². The van der Waals surface area contributed by atoms with Crippen LogP contribution in [0.1, 0.15) is 6.42 Å². The van der Waals surface area contributed by atoms with Crippen LogP contribution in [0.25, 0.3) is 0 Å². The van der Waals surface area contributed by atoms with Gasteiger partial charge in [0.2, 0.25) is 0 Å². The predicted octanol–water partition coefficient (Wildman–Crippen LogP) is -0.446. The molecule has 4 N–H and O–H groups in total. The number of aliphatic carboxylic acids is 1. The van der Waals surface area contributed by atoms with Crippen LogP contribution >= 0.6 is 0 Å². The van der Waals surface area contributed by atoms with E-state index in [1.165, 1.54) is 4.90 Å². The molecule has 0 fully saturated rings. The first-order chi connectivity index (χ1) is 5.13. The summed E-state index contributed by atoms with van der Waals surface area (Å²) in [6.45, 7) is 0.497. The SMILES string of the molecule is N=C(N)N1CCC=C1C(=O)O. The van der Waals surface area contributed by atoms with Crippen molar-refractivity contribution in [2.75, 3.05) is 6.54 Å². The van der Waals surface area contributed by atoms with Gasteiger partial charge in [0.25, 0.3) is 0 Å². The van der Waals surface area contributed by atoms with Crippen LogP contribution < -0.4 is 5.73 Å². The van der Waals surface area contributed by atoms with Gasteiger partial charge in [-0.1, -0.05) is 6.08 Å². The van der Waals surface area contributed by atoms with E-state index in [0.29, 0.717) is 13.0 Å². The quantitative estimate of drug-likeness (QED) is 0.353. The van der Waals surface area contributed by atoms with Crippen LogP contribution in [0.4, 0.5) is 0 Å². The normalized spacial score (nSPS) is 16.4. The molecule has 5 nitrogen and oxygen atoms in total. The van der Waals surface area contributed by atoms with Crippen LogP contribution in [0.15, 0.2) is 11.8 Å². The lowest BCUT2D eigenvalue weighted by atomic mass is 10.4. The van der Waals surface area contributed by atoms with Crippen molar-refractivity contribution in [2.24, 2.45) is 5.73 Å². The van der Waals surface area contributed by atoms with Crippen molar-refractivity contribution in [3.8, 4) is 0 Å². The summed E-state index contributed by atoms with van der Waals surface area (Å²) >= 11 is 0. The van der Waals surface area contributed by atoms with E-state index in [9.17, 15) is 4.79 Å². The van der Waals surface area contributed by atoms with Crippen molar-refractivity contribution < 1.29 is 9.90 Å². The third-order valence-corrected chi connectivity index (χ3v) is 1.49. The van der Waals surface area contributed by atoms with Crippen molar-refractivity contribution in [3.63, 3.8) is 0 Å². The molecular weight excluding hydrogens is 146 g/mol. The Hall–Kier alpha value is -1.52. The van der Waals surface area contributed by atoms with Gasteiger partial charge < -0.3 is 15.7 Å². The number of carboxylic acid groups (broad SMARTS) is 1. The molecule has 0 amide bonds. The van der Waals surface area contributed by atoms with Crippen LogP contribution in [-0.2, 0) is 4.79 Å². The molecule has 1 aliphatic heterocycles. The topological polar surface area (TPSA) is 90.4 Å². The molecule has 0 spiro atoms. The summed E-state index contributed by atoms with van der Waals surface area (Å²) in [6, 6.07) is 0. The van der Waals surface area contributed by atoms with E-state index in [1.807, 2.05) is 0 Å². The van der Waals surface area contributed by atoms with Gasteiger partial charge in [0.05, 0.1) is 0 Å². The molecule has 1 aliphatic rings. The molecule has 0 aromatic rings. The van der Waals surface area contributed by atoms with Gasteiger partial charge in [-0.2, -0.15) is 0 Å². The maximum Gasteiger partial charge on any atom is 0.352 e. The fraction of sp³-hybridized carbons (Fsp3) is 0.333. The Morgan fingerprint density at radius 3 is 2.82 bits per heavy atom. The summed E-state index contributed by atoms with van der Waals surface area (Å²) in [5.41, 5.74) is 5.24. The van der Waals surface area contributed by atoms with E-state index < -0.39 is 5.97 Å². The Morgan fingerprint density at radius 2 is 2.45 bits per heavy atom. The highest BCUT2D eigenvalue weighted by Gasteiger charge is 2.22. The Morgan fingerprint density at radius 1 is 1.82 bits per heavy atom. The predicted molar refractivity (Wildman–Crippen MR) is 39.0 cm³/mol. The Bertz CT molecular complexity index is 234. The van der Waals surface area contributed by atoms with Gasteiger partial charge in [0.15, 0.2) is 5.96 Å². The molecule has 0 saturated heterocycles. The Kier molecular flexibility index (Phi) is 1.80. The van der Waals surface area contributed by atoms with E-state index >= 15 is 0 Å². The summed E-state index contributed by atoms with van der Waals surface area (Å²) in [5.74, 6) is -1.24. The lowest BCUT2D eigenvalue weighted by Gasteiger charge is -2.16. The first-order valence-electron chi connectivity index (χ1n) is 3.18. The number of rotatable bonds is 1. The zero-order valence-electron chi connectivity index (χ0n) is 5.87. The average Bonchev–Trinajstić information content (AvgIpc) is 2.32. The summed E-state index contributed by atoms with van der Waals surface area (Å²) in [6.07, 6.45) is 2.20. The van der Waals surface area contributed by atoms with Gasteiger partial charge in [-0.25, -0.2) is 4.79 Å². The van der Waals surface area contributed by atoms with Gasteiger partial charge in [-0.3, -0.25) is 5.41 Å². The molecule has 60 valence electrons. The molecule has 0 aromatic heterocycles. The third-order valence-electron chi connectivity index (χ3n) is 1.49. The molecule has 0 atom stereocenters. The number of carboxylic acids is 1. The minimum absolute atomic E-state index is 0.109. The zero-order chi connectivity index (χ0) is 8.43. The number of hydrogen-bond acceptors (Lipinski definition) is 2. The summed E-state index contributed by atoms with van der Waals surface area (Å²) in [4.78, 5) is 11.7. The minimum atomic E-state index is -1.03. The van der Waals surface area contributed by atoms with E-state index in [-0.39, 0.29) is 11.7 Å². The minimum Gasteiger partial charge on any atom is -0.477 e. The van der Waals surface area contributed by atoms with E-state index in [1.54, 1.807) is 6.08 Å². The highest BCUT2D eigenvalue weighted by Crippen LogP contribution is 2.13. The molecule has 0 saturated carbocycles. The van der Waals surface area contributed by atoms with Crippen molar-refractivity contribution in [3.05, 3.63) is 11.8 Å². The number of carbonyl (C=O) groups is 1. The fourth-order valence-electron chi connectivity index (χ4n) is 1.01. The first kappa shape index (κ1) is 7.59. The number of nitrogens with zero attached hydrogens (tertiary/aromatic N) is 1. The van der Waals surface area contributed by atoms with Crippen LogP contribution in [0, 0.1) is 5.41 Å². The standard InChI is InChI=1S/C6H9N3O2/c7-6(8)9-3-1-2-4(9)5(10)11/h2H,1,3H2,(H3,7,8)(H,10,11). The van der Waals surface area contributed by atoms with Crippen molar-refractivity contribution in [1.82, 2.24) is 4.90 Å². The lowest BCUT2D eigenvalue weighted by molar-refractivity contribution is -0.133. The fourth-order valence-corrected chi connectivity index (χ4v) is 1.01. The maximum atomic E-state index is 10.5. The van der Waals surface area contributed by atoms with E-state index in [4.69, 9.17) is 16.2 Å². The molecule has 0 radical (unpaired) electrons. The van der Waals surface area contributed by atoms with Gasteiger partial charge in [0.1, 0.15) is 5.70 Å². The van der Waals surface area contributed by atoms with E-state index in [2.05, 4.69) is 0 Å². The van der Waals surface area contributed by atoms with Gasteiger partial charge in [-0.15, -0.1) is 0 Å². The summed E-state index contributed by atoms with van der Waals surface area (Å²) < 4.78 is 0. The van der Waals surface area contributed by atoms with Crippen molar-refractivity contribution >= 4 is 11.9 Å². The Balaban J connectivity index is 2.79. The molecule has 0 bridgehead atoms. The molecular formula is C6H9N3O2. The molecule has 11 heavy (non-hydrogen) atoms. The summed E-state index contributed by atoms with van der Waals surface area (Å²) in [7, 11) is 0. The number of nitrogens with one attached hydrogen (secondary N) is 1. The second kappa shape index (κ2) is 2.61. The molecule has 0 unspecified atom stereocenters. The largest absolute Gasteiger partial charge is 0.477 e. The molecule has 5 heteroatoms. The van der Waals surface area contributed by atoms with Crippen LogP contribution in [0.2, 0.25) is 0 Å². The average molecular weight is 155 g/mol. The molecule has 0 aliphatic carbocycles. The third kappa shape index (κ3) is 1.31. The Labute approximate surface area is 63.6 Å². The second-order valence-corrected chi connectivity index (χ2v) is 2.22. The monoisotopic (exact) mass is 155 g/mol. The maximum absolute atomic E-state index is 10.5. The first-order valence-corrected chi connectivity index (χ1v) is 3.18.